The van der Waals surface area contributed by atoms with E-state index in [4.69, 9.17) is 4.74 Å². The average molecular weight is 280 g/mol. The van der Waals surface area contributed by atoms with Crippen LogP contribution in [0.15, 0.2) is 12.2 Å². The molecule has 2 heterocycles. The summed E-state index contributed by atoms with van der Waals surface area (Å²) in [5, 5.41) is 3.73. The van der Waals surface area contributed by atoms with Crippen LogP contribution in [0.25, 0.3) is 0 Å². The molecule has 0 saturated carbocycles. The van der Waals surface area contributed by atoms with Crippen LogP contribution in [0.4, 0.5) is 0 Å². The number of nitrogens with one attached hydrogen (secondary N) is 1. The number of fused-ring (bicyclic) bond motifs is 2. The van der Waals surface area contributed by atoms with E-state index in [0.29, 0.717) is 6.61 Å². The molecule has 0 aromatic carbocycles. The Morgan fingerprint density at radius 1 is 1.30 bits per heavy atom. The van der Waals surface area contributed by atoms with E-state index in [1.54, 1.807) is 0 Å². The maximum atomic E-state index is 5.70. The third kappa shape index (κ3) is 4.57. The van der Waals surface area contributed by atoms with E-state index in [9.17, 15) is 0 Å². The lowest BCUT2D eigenvalue weighted by atomic mass is 9.81. The van der Waals surface area contributed by atoms with Crippen LogP contribution in [0, 0.1) is 0 Å². The second kappa shape index (κ2) is 8.16. The summed E-state index contributed by atoms with van der Waals surface area (Å²) < 4.78 is 5.70. The minimum absolute atomic E-state index is 0.712. The van der Waals surface area contributed by atoms with Crippen LogP contribution >= 0.6 is 0 Å². The molecule has 0 aromatic heterocycles. The molecule has 2 fully saturated rings. The van der Waals surface area contributed by atoms with Gasteiger partial charge in [0.25, 0.3) is 0 Å². The molecular formula is C17H32N2O. The van der Waals surface area contributed by atoms with E-state index in [0.717, 1.165) is 36.9 Å². The molecule has 0 aromatic rings. The minimum Gasteiger partial charge on any atom is -0.376 e. The lowest BCUT2D eigenvalue weighted by Gasteiger charge is -2.49. The second-order valence-corrected chi connectivity index (χ2v) is 6.61. The summed E-state index contributed by atoms with van der Waals surface area (Å²) in [6, 6.07) is 2.31. The van der Waals surface area contributed by atoms with Gasteiger partial charge in [-0.15, -0.1) is 0 Å². The predicted octanol–water partition coefficient (Wildman–Crippen LogP) is 2.96. The van der Waals surface area contributed by atoms with Gasteiger partial charge in [0.2, 0.25) is 0 Å². The fourth-order valence-electron chi connectivity index (χ4n) is 3.78. The van der Waals surface area contributed by atoms with Gasteiger partial charge in [0.05, 0.1) is 13.2 Å². The first-order valence-corrected chi connectivity index (χ1v) is 8.42. The number of nitrogens with zero attached hydrogens (tertiary/aromatic N) is 1. The first-order chi connectivity index (χ1) is 9.70. The molecule has 20 heavy (non-hydrogen) atoms. The SMILES string of the molecule is C=C(C)COCCN1C2CCCC1CC(NCCC)C2. The Labute approximate surface area is 124 Å². The van der Waals surface area contributed by atoms with Crippen molar-refractivity contribution in [3.8, 4) is 0 Å². The first-order valence-electron chi connectivity index (χ1n) is 8.42. The molecule has 116 valence electrons. The molecule has 0 spiro atoms. The highest BCUT2D eigenvalue weighted by Gasteiger charge is 2.37. The maximum absolute atomic E-state index is 5.70. The van der Waals surface area contributed by atoms with E-state index in [2.05, 4.69) is 23.7 Å². The van der Waals surface area contributed by atoms with Gasteiger partial charge in [-0.1, -0.05) is 25.5 Å². The molecule has 3 heteroatoms. The lowest BCUT2D eigenvalue weighted by molar-refractivity contribution is 0.00232. The summed E-state index contributed by atoms with van der Waals surface area (Å²) >= 11 is 0. The molecular weight excluding hydrogens is 248 g/mol. The summed E-state index contributed by atoms with van der Waals surface area (Å²) in [5.74, 6) is 0. The summed E-state index contributed by atoms with van der Waals surface area (Å²) in [7, 11) is 0. The van der Waals surface area contributed by atoms with Gasteiger partial charge in [0, 0.05) is 24.7 Å². The third-order valence-corrected chi connectivity index (χ3v) is 4.65. The van der Waals surface area contributed by atoms with Crippen LogP contribution in [0.2, 0.25) is 0 Å². The van der Waals surface area contributed by atoms with Crippen LogP contribution in [0.3, 0.4) is 0 Å². The zero-order valence-corrected chi connectivity index (χ0v) is 13.4. The zero-order valence-electron chi connectivity index (χ0n) is 13.4. The monoisotopic (exact) mass is 280 g/mol. The van der Waals surface area contributed by atoms with Crippen molar-refractivity contribution in [1.82, 2.24) is 10.2 Å². The van der Waals surface area contributed by atoms with E-state index < -0.39 is 0 Å². The second-order valence-electron chi connectivity index (χ2n) is 6.61. The molecule has 0 aliphatic carbocycles. The molecule has 2 saturated heterocycles. The highest BCUT2D eigenvalue weighted by molar-refractivity contribution is 4.95. The number of hydrogen-bond donors (Lipinski definition) is 1. The largest absolute Gasteiger partial charge is 0.376 e. The quantitative estimate of drug-likeness (QED) is 0.546. The van der Waals surface area contributed by atoms with Crippen molar-refractivity contribution in [3.05, 3.63) is 12.2 Å². The van der Waals surface area contributed by atoms with E-state index >= 15 is 0 Å². The number of ether oxygens (including phenoxy) is 1. The Kier molecular flexibility index (Phi) is 6.53. The van der Waals surface area contributed by atoms with Crippen LogP contribution in [0.1, 0.15) is 52.4 Å². The third-order valence-electron chi connectivity index (χ3n) is 4.65. The average Bonchev–Trinajstić information content (AvgIpc) is 2.40. The maximum Gasteiger partial charge on any atom is 0.0672 e. The van der Waals surface area contributed by atoms with Crippen LogP contribution < -0.4 is 5.32 Å². The van der Waals surface area contributed by atoms with Gasteiger partial charge >= 0.3 is 0 Å². The number of rotatable bonds is 8. The summed E-state index contributed by atoms with van der Waals surface area (Å²) in [5.41, 5.74) is 1.12. The van der Waals surface area contributed by atoms with Gasteiger partial charge in [-0.3, -0.25) is 4.90 Å². The summed E-state index contributed by atoms with van der Waals surface area (Å²) in [6.45, 7) is 12.0. The van der Waals surface area contributed by atoms with E-state index in [-0.39, 0.29) is 0 Å². The van der Waals surface area contributed by atoms with Crippen molar-refractivity contribution in [2.45, 2.75) is 70.5 Å². The fraction of sp³-hybridized carbons (Fsp3) is 0.882. The lowest BCUT2D eigenvalue weighted by Crippen LogP contribution is -2.57. The Hall–Kier alpha value is -0.380. The molecule has 2 aliphatic heterocycles. The highest BCUT2D eigenvalue weighted by Crippen LogP contribution is 2.33. The van der Waals surface area contributed by atoms with Gasteiger partial charge < -0.3 is 10.1 Å². The van der Waals surface area contributed by atoms with Crippen LogP contribution in [-0.2, 0) is 4.74 Å². The van der Waals surface area contributed by atoms with Crippen molar-refractivity contribution < 1.29 is 4.74 Å². The van der Waals surface area contributed by atoms with Crippen molar-refractivity contribution in [1.29, 1.82) is 0 Å². The van der Waals surface area contributed by atoms with Crippen molar-refractivity contribution in [2.24, 2.45) is 0 Å². The number of piperidine rings is 2. The topological polar surface area (TPSA) is 24.5 Å². The van der Waals surface area contributed by atoms with Crippen LogP contribution in [0.5, 0.6) is 0 Å². The van der Waals surface area contributed by atoms with Crippen molar-refractivity contribution >= 4 is 0 Å². The molecule has 2 aliphatic rings. The Bertz CT molecular complexity index is 291. The van der Waals surface area contributed by atoms with E-state index in [1.165, 1.54) is 45.1 Å². The summed E-state index contributed by atoms with van der Waals surface area (Å²) in [6.07, 6.45) is 8.07. The van der Waals surface area contributed by atoms with Crippen LogP contribution in [-0.4, -0.2) is 49.3 Å². The smallest absolute Gasteiger partial charge is 0.0672 e. The summed E-state index contributed by atoms with van der Waals surface area (Å²) in [4.78, 5) is 2.73. The number of hydrogen-bond acceptors (Lipinski definition) is 3. The Balaban J connectivity index is 1.77. The Morgan fingerprint density at radius 3 is 2.60 bits per heavy atom. The van der Waals surface area contributed by atoms with Gasteiger partial charge in [-0.05, 0) is 45.6 Å². The molecule has 2 atom stereocenters. The highest BCUT2D eigenvalue weighted by atomic mass is 16.5. The molecule has 2 unspecified atom stereocenters. The molecule has 0 amide bonds. The first kappa shape index (κ1) is 16.0. The normalized spacial score (nSPS) is 30.4. The fourth-order valence-corrected chi connectivity index (χ4v) is 3.78. The van der Waals surface area contributed by atoms with Crippen molar-refractivity contribution in [3.63, 3.8) is 0 Å². The molecule has 1 N–H and O–H groups in total. The van der Waals surface area contributed by atoms with Gasteiger partial charge in [-0.2, -0.15) is 0 Å². The predicted molar refractivity (Wildman–Crippen MR) is 85.1 cm³/mol. The molecule has 2 rings (SSSR count). The standard InChI is InChI=1S/C17H32N2O/c1-4-8-18-15-11-16-6-5-7-17(12-15)19(16)9-10-20-13-14(2)3/h15-18H,2,4-13H2,1,3H3. The van der Waals surface area contributed by atoms with Crippen molar-refractivity contribution in [2.75, 3.05) is 26.3 Å². The van der Waals surface area contributed by atoms with Gasteiger partial charge in [0.1, 0.15) is 0 Å². The minimum atomic E-state index is 0.712. The van der Waals surface area contributed by atoms with Gasteiger partial charge in [0.15, 0.2) is 0 Å². The van der Waals surface area contributed by atoms with Gasteiger partial charge in [-0.25, -0.2) is 0 Å². The zero-order chi connectivity index (χ0) is 14.4. The molecule has 0 radical (unpaired) electrons. The van der Waals surface area contributed by atoms with E-state index in [1.807, 2.05) is 6.92 Å². The molecule has 2 bridgehead atoms. The molecule has 3 nitrogen and oxygen atoms in total. The Morgan fingerprint density at radius 2 is 2.00 bits per heavy atom.